The molecule has 102 valence electrons. The maximum Gasteiger partial charge on any atom is 0.201 e. The molecule has 1 saturated carbocycles. The highest BCUT2D eigenvalue weighted by Gasteiger charge is 2.20. The molecule has 0 aliphatic heterocycles. The number of nitrogen functional groups attached to an aromatic ring is 1. The van der Waals surface area contributed by atoms with Gasteiger partial charge in [0.05, 0.1) is 5.52 Å². The number of nitrogens with two attached hydrogens (primary N) is 1. The molecule has 1 aliphatic carbocycles. The third-order valence-corrected chi connectivity index (χ3v) is 3.48. The van der Waals surface area contributed by atoms with Crippen molar-refractivity contribution in [1.29, 1.82) is 0 Å². The fourth-order valence-corrected chi connectivity index (χ4v) is 2.23. The lowest BCUT2D eigenvalue weighted by Gasteiger charge is -2.07. The summed E-state index contributed by atoms with van der Waals surface area (Å²) < 4.78 is 21.0. The second-order valence-electron chi connectivity index (χ2n) is 5.10. The summed E-state index contributed by atoms with van der Waals surface area (Å²) in [6.07, 6.45) is 3.47. The van der Waals surface area contributed by atoms with Crippen molar-refractivity contribution < 1.29 is 9.13 Å². The quantitative estimate of drug-likeness (QED) is 0.815. The first-order valence-corrected chi connectivity index (χ1v) is 6.73. The van der Waals surface area contributed by atoms with E-state index in [0.717, 1.165) is 24.5 Å². The van der Waals surface area contributed by atoms with Gasteiger partial charge in [-0.05, 0) is 37.3 Å². The first kappa shape index (κ1) is 12.4. The molecule has 3 rings (SSSR count). The Morgan fingerprint density at radius 2 is 2.26 bits per heavy atom. The second kappa shape index (κ2) is 5.17. The van der Waals surface area contributed by atoms with Gasteiger partial charge in [0.2, 0.25) is 5.95 Å². The van der Waals surface area contributed by atoms with E-state index in [2.05, 4.69) is 4.98 Å². The van der Waals surface area contributed by atoms with Crippen molar-refractivity contribution in [2.24, 2.45) is 5.92 Å². The number of hydrogen-bond acceptors (Lipinski definition) is 3. The SMILES string of the molecule is Nc1nc2c(F)cccc2n1CCCOCC1CC1. The van der Waals surface area contributed by atoms with Crippen LogP contribution in [0.15, 0.2) is 18.2 Å². The number of nitrogens with zero attached hydrogens (tertiary/aromatic N) is 2. The fraction of sp³-hybridized carbons (Fsp3) is 0.500. The van der Waals surface area contributed by atoms with Crippen LogP contribution in [0.5, 0.6) is 0 Å². The van der Waals surface area contributed by atoms with Gasteiger partial charge in [-0.25, -0.2) is 9.37 Å². The molecular weight excluding hydrogens is 245 g/mol. The molecule has 4 nitrogen and oxygen atoms in total. The van der Waals surface area contributed by atoms with E-state index in [1.165, 1.54) is 18.9 Å². The van der Waals surface area contributed by atoms with Crippen LogP contribution in [0, 0.1) is 11.7 Å². The smallest absolute Gasteiger partial charge is 0.201 e. The third-order valence-electron chi connectivity index (χ3n) is 3.48. The predicted octanol–water partition coefficient (Wildman–Crippen LogP) is 2.57. The highest BCUT2D eigenvalue weighted by molar-refractivity contribution is 5.78. The van der Waals surface area contributed by atoms with Crippen LogP contribution in [-0.4, -0.2) is 22.8 Å². The van der Waals surface area contributed by atoms with Crippen LogP contribution in [0.2, 0.25) is 0 Å². The maximum atomic E-state index is 13.6. The van der Waals surface area contributed by atoms with E-state index in [0.29, 0.717) is 24.6 Å². The first-order valence-electron chi connectivity index (χ1n) is 6.73. The molecule has 0 spiro atoms. The Morgan fingerprint density at radius 1 is 1.42 bits per heavy atom. The van der Waals surface area contributed by atoms with E-state index in [1.807, 2.05) is 10.6 Å². The summed E-state index contributed by atoms with van der Waals surface area (Å²) in [5.41, 5.74) is 6.94. The summed E-state index contributed by atoms with van der Waals surface area (Å²) >= 11 is 0. The Labute approximate surface area is 111 Å². The van der Waals surface area contributed by atoms with E-state index in [-0.39, 0.29) is 5.82 Å². The van der Waals surface area contributed by atoms with Gasteiger partial charge in [-0.15, -0.1) is 0 Å². The molecule has 19 heavy (non-hydrogen) atoms. The zero-order valence-corrected chi connectivity index (χ0v) is 10.8. The third kappa shape index (κ3) is 2.71. The van der Waals surface area contributed by atoms with Crippen LogP contribution in [0.1, 0.15) is 19.3 Å². The molecule has 1 aliphatic rings. The van der Waals surface area contributed by atoms with Crippen molar-refractivity contribution in [2.45, 2.75) is 25.8 Å². The van der Waals surface area contributed by atoms with Gasteiger partial charge >= 0.3 is 0 Å². The van der Waals surface area contributed by atoms with E-state index in [1.54, 1.807) is 6.07 Å². The highest BCUT2D eigenvalue weighted by atomic mass is 19.1. The van der Waals surface area contributed by atoms with E-state index >= 15 is 0 Å². The van der Waals surface area contributed by atoms with Gasteiger partial charge in [0.25, 0.3) is 0 Å². The molecule has 0 unspecified atom stereocenters. The minimum absolute atomic E-state index is 0.326. The number of anilines is 1. The van der Waals surface area contributed by atoms with Crippen LogP contribution in [-0.2, 0) is 11.3 Å². The van der Waals surface area contributed by atoms with Crippen molar-refractivity contribution >= 4 is 17.0 Å². The number of halogens is 1. The number of imidazole rings is 1. The normalized spacial score (nSPS) is 15.2. The van der Waals surface area contributed by atoms with Crippen LogP contribution in [0.3, 0.4) is 0 Å². The van der Waals surface area contributed by atoms with Crippen LogP contribution in [0.4, 0.5) is 10.3 Å². The topological polar surface area (TPSA) is 53.1 Å². The molecule has 0 radical (unpaired) electrons. The highest BCUT2D eigenvalue weighted by Crippen LogP contribution is 2.28. The molecule has 0 amide bonds. The average Bonchev–Trinajstić information content (AvgIpc) is 3.15. The number of ether oxygens (including phenoxy) is 1. The van der Waals surface area contributed by atoms with Crippen molar-refractivity contribution in [3.8, 4) is 0 Å². The number of fused-ring (bicyclic) bond motifs is 1. The van der Waals surface area contributed by atoms with Crippen LogP contribution >= 0.6 is 0 Å². The lowest BCUT2D eigenvalue weighted by molar-refractivity contribution is 0.119. The number of aromatic nitrogens is 2. The molecule has 1 aromatic carbocycles. The molecular formula is C14H18FN3O. The lowest BCUT2D eigenvalue weighted by Crippen LogP contribution is -2.07. The number of aryl methyl sites for hydroxylation is 1. The van der Waals surface area contributed by atoms with E-state index in [4.69, 9.17) is 10.5 Å². The molecule has 2 N–H and O–H groups in total. The van der Waals surface area contributed by atoms with Crippen molar-refractivity contribution in [2.75, 3.05) is 18.9 Å². The molecule has 2 aromatic rings. The van der Waals surface area contributed by atoms with Gasteiger partial charge < -0.3 is 15.0 Å². The Hall–Kier alpha value is -1.62. The molecule has 5 heteroatoms. The predicted molar refractivity (Wildman–Crippen MR) is 72.3 cm³/mol. The first-order chi connectivity index (χ1) is 9.25. The lowest BCUT2D eigenvalue weighted by atomic mass is 10.3. The van der Waals surface area contributed by atoms with E-state index < -0.39 is 0 Å². The standard InChI is InChI=1S/C14H18FN3O/c15-11-3-1-4-12-13(11)17-14(16)18(12)7-2-8-19-9-10-5-6-10/h1,3-4,10H,2,5-9H2,(H2,16,17). The van der Waals surface area contributed by atoms with Gasteiger partial charge in [-0.2, -0.15) is 0 Å². The summed E-state index contributed by atoms with van der Waals surface area (Å²) in [5, 5.41) is 0. The van der Waals surface area contributed by atoms with E-state index in [9.17, 15) is 4.39 Å². The molecule has 0 saturated heterocycles. The maximum absolute atomic E-state index is 13.6. The molecule has 0 bridgehead atoms. The number of benzene rings is 1. The minimum atomic E-state index is -0.326. The van der Waals surface area contributed by atoms with Crippen molar-refractivity contribution in [3.63, 3.8) is 0 Å². The monoisotopic (exact) mass is 263 g/mol. The van der Waals surface area contributed by atoms with Crippen molar-refractivity contribution in [3.05, 3.63) is 24.0 Å². The summed E-state index contributed by atoms with van der Waals surface area (Å²) in [5.74, 6) is 0.823. The van der Waals surface area contributed by atoms with Gasteiger partial charge in [-0.3, -0.25) is 0 Å². The van der Waals surface area contributed by atoms with Gasteiger partial charge in [-0.1, -0.05) is 6.07 Å². The average molecular weight is 263 g/mol. The zero-order chi connectivity index (χ0) is 13.2. The summed E-state index contributed by atoms with van der Waals surface area (Å²) in [4.78, 5) is 4.07. The second-order valence-corrected chi connectivity index (χ2v) is 5.10. The zero-order valence-electron chi connectivity index (χ0n) is 10.8. The molecule has 1 fully saturated rings. The molecule has 1 heterocycles. The van der Waals surface area contributed by atoms with Crippen molar-refractivity contribution in [1.82, 2.24) is 9.55 Å². The number of para-hydroxylation sites is 1. The number of rotatable bonds is 6. The van der Waals surface area contributed by atoms with Crippen LogP contribution < -0.4 is 5.73 Å². The van der Waals surface area contributed by atoms with Crippen LogP contribution in [0.25, 0.3) is 11.0 Å². The Kier molecular flexibility index (Phi) is 3.38. The number of hydrogen-bond donors (Lipinski definition) is 1. The Morgan fingerprint density at radius 3 is 3.05 bits per heavy atom. The summed E-state index contributed by atoms with van der Waals surface area (Å²) in [6.45, 7) is 2.29. The van der Waals surface area contributed by atoms with Gasteiger partial charge in [0.1, 0.15) is 5.52 Å². The largest absolute Gasteiger partial charge is 0.381 e. The molecule has 1 aromatic heterocycles. The Balaban J connectivity index is 1.63. The minimum Gasteiger partial charge on any atom is -0.381 e. The summed E-state index contributed by atoms with van der Waals surface area (Å²) in [6, 6.07) is 4.92. The fourth-order valence-electron chi connectivity index (χ4n) is 2.23. The summed E-state index contributed by atoms with van der Waals surface area (Å²) in [7, 11) is 0. The van der Waals surface area contributed by atoms with Gasteiger partial charge in [0, 0.05) is 19.8 Å². The molecule has 0 atom stereocenters. The van der Waals surface area contributed by atoms with Gasteiger partial charge in [0.15, 0.2) is 5.82 Å². The Bertz CT molecular complexity index is 577.